The largest absolute Gasteiger partial charge is 0.330 e. The molecule has 5 nitrogen and oxygen atoms in total. The highest BCUT2D eigenvalue weighted by atomic mass is 16.2. The summed E-state index contributed by atoms with van der Waals surface area (Å²) in [4.78, 5) is 21.2. The van der Waals surface area contributed by atoms with Crippen LogP contribution in [0.1, 0.15) is 73.4 Å². The molecule has 3 aromatic rings. The molecule has 0 aliphatic heterocycles. The second-order valence-corrected chi connectivity index (χ2v) is 10.2. The van der Waals surface area contributed by atoms with Gasteiger partial charge in [0.2, 0.25) is 0 Å². The molecule has 5 heteroatoms. The van der Waals surface area contributed by atoms with Crippen LogP contribution in [0.2, 0.25) is 0 Å². The van der Waals surface area contributed by atoms with E-state index in [9.17, 15) is 4.79 Å². The van der Waals surface area contributed by atoms with Gasteiger partial charge in [0, 0.05) is 18.7 Å². The van der Waals surface area contributed by atoms with E-state index in [1.807, 2.05) is 36.1 Å². The lowest BCUT2D eigenvalue weighted by atomic mass is 9.99. The van der Waals surface area contributed by atoms with Crippen molar-refractivity contribution in [3.63, 3.8) is 0 Å². The monoisotopic (exact) mass is 484 g/mol. The van der Waals surface area contributed by atoms with Crippen LogP contribution >= 0.6 is 0 Å². The van der Waals surface area contributed by atoms with Gasteiger partial charge in [0.1, 0.15) is 5.82 Å². The lowest BCUT2D eigenvalue weighted by Crippen LogP contribution is -2.40. The topological polar surface area (TPSA) is 64.2 Å². The summed E-state index contributed by atoms with van der Waals surface area (Å²) >= 11 is 0. The van der Waals surface area contributed by atoms with E-state index in [1.165, 1.54) is 11.1 Å². The molecule has 1 aromatic heterocycles. The van der Waals surface area contributed by atoms with Gasteiger partial charge in [0.15, 0.2) is 0 Å². The standard InChI is InChI=1S/C31H40N4O/c1-5-25-13-9-14-27-28(25)33-30(35(27)21-24-11-7-6-8-12-24)29(22(2)3)34(20-10-19-32)31(36)26-17-15-23(4)16-18-26/h6-7,9,11,13-18,22,29H,5,8,10,12,19-21,32H2,1-4H3. The predicted octanol–water partition coefficient (Wildman–Crippen LogP) is 6.37. The Morgan fingerprint density at radius 1 is 1.17 bits per heavy atom. The molecule has 36 heavy (non-hydrogen) atoms. The fraction of sp³-hybridized carbons (Fsp3) is 0.419. The van der Waals surface area contributed by atoms with Crippen LogP contribution in [0.3, 0.4) is 0 Å². The van der Waals surface area contributed by atoms with Crippen LogP contribution in [0.5, 0.6) is 0 Å². The zero-order valence-electron chi connectivity index (χ0n) is 22.2. The second kappa shape index (κ2) is 11.7. The van der Waals surface area contributed by atoms with E-state index in [-0.39, 0.29) is 17.9 Å². The lowest BCUT2D eigenvalue weighted by Gasteiger charge is -2.35. The number of allylic oxidation sites excluding steroid dienone is 4. The Balaban J connectivity index is 1.87. The van der Waals surface area contributed by atoms with Crippen molar-refractivity contribution < 1.29 is 4.79 Å². The number of fused-ring (bicyclic) bond motifs is 1. The number of rotatable bonds is 10. The minimum Gasteiger partial charge on any atom is -0.330 e. The summed E-state index contributed by atoms with van der Waals surface area (Å²) in [6.45, 7) is 10.5. The SMILES string of the molecule is CCc1cccc2c1nc(C(C(C)C)N(CCCN)C(=O)c1ccc(C)cc1)n2CC1=CC=CCC1. The molecule has 1 atom stereocenters. The molecule has 1 aliphatic rings. The van der Waals surface area contributed by atoms with Gasteiger partial charge >= 0.3 is 0 Å². The highest BCUT2D eigenvalue weighted by Crippen LogP contribution is 2.34. The third-order valence-corrected chi connectivity index (χ3v) is 7.13. The van der Waals surface area contributed by atoms with Gasteiger partial charge in [0.05, 0.1) is 17.1 Å². The van der Waals surface area contributed by atoms with Gasteiger partial charge in [-0.25, -0.2) is 4.98 Å². The van der Waals surface area contributed by atoms with Crippen molar-refractivity contribution in [2.24, 2.45) is 11.7 Å². The van der Waals surface area contributed by atoms with E-state index in [2.05, 4.69) is 61.8 Å². The molecular weight excluding hydrogens is 444 g/mol. The number of nitrogens with two attached hydrogens (primary N) is 1. The fourth-order valence-electron chi connectivity index (χ4n) is 5.18. The first-order valence-corrected chi connectivity index (χ1v) is 13.3. The number of aryl methyl sites for hydroxylation is 2. The van der Waals surface area contributed by atoms with E-state index in [0.29, 0.717) is 18.7 Å². The molecule has 2 N–H and O–H groups in total. The summed E-state index contributed by atoms with van der Waals surface area (Å²) < 4.78 is 2.36. The number of para-hydroxylation sites is 1. The summed E-state index contributed by atoms with van der Waals surface area (Å²) in [6, 6.07) is 14.2. The van der Waals surface area contributed by atoms with Crippen LogP contribution in [0.4, 0.5) is 0 Å². The molecule has 1 heterocycles. The van der Waals surface area contributed by atoms with Crippen molar-refractivity contribution in [3.8, 4) is 0 Å². The molecule has 0 bridgehead atoms. The number of hydrogen-bond acceptors (Lipinski definition) is 3. The average molecular weight is 485 g/mol. The smallest absolute Gasteiger partial charge is 0.254 e. The summed E-state index contributed by atoms with van der Waals surface area (Å²) in [6.07, 6.45) is 10.4. The van der Waals surface area contributed by atoms with Crippen molar-refractivity contribution >= 4 is 16.9 Å². The normalized spacial score (nSPS) is 14.3. The van der Waals surface area contributed by atoms with E-state index >= 15 is 0 Å². The Morgan fingerprint density at radius 2 is 1.94 bits per heavy atom. The number of nitrogens with zero attached hydrogens (tertiary/aromatic N) is 3. The fourth-order valence-corrected chi connectivity index (χ4v) is 5.18. The number of carbonyl (C=O) groups excluding carboxylic acids is 1. The average Bonchev–Trinajstić information content (AvgIpc) is 3.24. The molecule has 4 rings (SSSR count). The molecule has 0 saturated carbocycles. The first-order chi connectivity index (χ1) is 17.4. The molecule has 2 aromatic carbocycles. The van der Waals surface area contributed by atoms with Crippen LogP contribution in [-0.4, -0.2) is 33.4 Å². The van der Waals surface area contributed by atoms with Gasteiger partial charge in [-0.15, -0.1) is 0 Å². The molecule has 0 spiro atoms. The van der Waals surface area contributed by atoms with Crippen molar-refractivity contribution in [2.75, 3.05) is 13.1 Å². The maximum absolute atomic E-state index is 13.9. The maximum Gasteiger partial charge on any atom is 0.254 e. The Hall–Kier alpha value is -3.18. The molecule has 0 fully saturated rings. The quantitative estimate of drug-likeness (QED) is 0.363. The predicted molar refractivity (Wildman–Crippen MR) is 149 cm³/mol. The molecule has 0 saturated heterocycles. The van der Waals surface area contributed by atoms with E-state index in [4.69, 9.17) is 10.7 Å². The van der Waals surface area contributed by atoms with Gasteiger partial charge in [-0.2, -0.15) is 0 Å². The highest BCUT2D eigenvalue weighted by Gasteiger charge is 2.33. The molecule has 1 aliphatic carbocycles. The van der Waals surface area contributed by atoms with Crippen LogP contribution < -0.4 is 5.73 Å². The minimum absolute atomic E-state index is 0.0382. The van der Waals surface area contributed by atoms with Gasteiger partial charge in [-0.3, -0.25) is 4.79 Å². The summed E-state index contributed by atoms with van der Waals surface area (Å²) in [5.74, 6) is 1.18. The first-order valence-electron chi connectivity index (χ1n) is 13.3. The van der Waals surface area contributed by atoms with Crippen molar-refractivity contribution in [2.45, 2.75) is 66.0 Å². The number of carbonyl (C=O) groups is 1. The number of amides is 1. The third kappa shape index (κ3) is 5.46. The van der Waals surface area contributed by atoms with Crippen LogP contribution in [0, 0.1) is 12.8 Å². The van der Waals surface area contributed by atoms with Crippen LogP contribution in [0.25, 0.3) is 11.0 Å². The van der Waals surface area contributed by atoms with Gasteiger partial charge in [-0.05, 0) is 68.8 Å². The van der Waals surface area contributed by atoms with Gasteiger partial charge in [0.25, 0.3) is 5.91 Å². The summed E-state index contributed by atoms with van der Waals surface area (Å²) in [5.41, 5.74) is 12.6. The highest BCUT2D eigenvalue weighted by molar-refractivity contribution is 5.94. The summed E-state index contributed by atoms with van der Waals surface area (Å²) in [5, 5.41) is 0. The van der Waals surface area contributed by atoms with Gasteiger partial charge in [-0.1, -0.05) is 74.4 Å². The molecule has 190 valence electrons. The number of aromatic nitrogens is 2. The zero-order valence-corrected chi connectivity index (χ0v) is 22.2. The van der Waals surface area contributed by atoms with Crippen LogP contribution in [0.15, 0.2) is 66.3 Å². The molecular formula is C31H40N4O. The number of benzene rings is 2. The zero-order chi connectivity index (χ0) is 25.7. The first kappa shape index (κ1) is 25.9. The molecule has 1 unspecified atom stereocenters. The summed E-state index contributed by atoms with van der Waals surface area (Å²) in [7, 11) is 0. The van der Waals surface area contributed by atoms with Crippen LogP contribution in [-0.2, 0) is 13.0 Å². The van der Waals surface area contributed by atoms with Gasteiger partial charge < -0.3 is 15.2 Å². The lowest BCUT2D eigenvalue weighted by molar-refractivity contribution is 0.0605. The third-order valence-electron chi connectivity index (χ3n) is 7.13. The number of hydrogen-bond donors (Lipinski definition) is 1. The van der Waals surface area contributed by atoms with E-state index in [1.54, 1.807) is 0 Å². The van der Waals surface area contributed by atoms with E-state index < -0.39 is 0 Å². The van der Waals surface area contributed by atoms with Crippen molar-refractivity contribution in [1.29, 1.82) is 0 Å². The van der Waals surface area contributed by atoms with Crippen molar-refractivity contribution in [3.05, 3.63) is 88.8 Å². The number of imidazole rings is 1. The molecule has 0 radical (unpaired) electrons. The Kier molecular flexibility index (Phi) is 8.42. The second-order valence-electron chi connectivity index (χ2n) is 10.2. The Labute approximate surface area is 215 Å². The van der Waals surface area contributed by atoms with Crippen molar-refractivity contribution in [1.82, 2.24) is 14.5 Å². The maximum atomic E-state index is 13.9. The Morgan fingerprint density at radius 3 is 2.58 bits per heavy atom. The minimum atomic E-state index is -0.165. The molecule has 1 amide bonds. The van der Waals surface area contributed by atoms with E-state index in [0.717, 1.165) is 54.6 Å². The Bertz CT molecular complexity index is 1250.